The van der Waals surface area contributed by atoms with Crippen LogP contribution < -0.4 is 4.72 Å². The van der Waals surface area contributed by atoms with Crippen molar-refractivity contribution >= 4 is 15.9 Å². The van der Waals surface area contributed by atoms with Crippen LogP contribution in [0.1, 0.15) is 61.8 Å². The highest BCUT2D eigenvalue weighted by molar-refractivity contribution is 7.90. The molecular formula is C26H34N4O3S. The molecule has 0 bridgehead atoms. The Morgan fingerprint density at radius 1 is 1.00 bits per heavy atom. The van der Waals surface area contributed by atoms with E-state index in [1.54, 1.807) is 18.3 Å². The van der Waals surface area contributed by atoms with E-state index in [0.717, 1.165) is 33.5 Å². The quantitative estimate of drug-likeness (QED) is 0.470. The third-order valence-electron chi connectivity index (χ3n) is 5.69. The predicted octanol–water partition coefficient (Wildman–Crippen LogP) is 4.43. The van der Waals surface area contributed by atoms with E-state index >= 15 is 0 Å². The number of nitrogens with one attached hydrogen (secondary N) is 2. The minimum Gasteiger partial charge on any atom is -0.305 e. The van der Waals surface area contributed by atoms with Crippen LogP contribution in [0, 0.1) is 0 Å². The molecule has 0 fully saturated rings. The van der Waals surface area contributed by atoms with Crippen molar-refractivity contribution in [3.63, 3.8) is 0 Å². The van der Waals surface area contributed by atoms with Crippen LogP contribution in [0.15, 0.2) is 53.6 Å². The van der Waals surface area contributed by atoms with Crippen LogP contribution in [0.5, 0.6) is 0 Å². The van der Waals surface area contributed by atoms with E-state index in [1.807, 2.05) is 25.1 Å². The number of hydrogen-bond acceptors (Lipinski definition) is 5. The van der Waals surface area contributed by atoms with E-state index in [9.17, 15) is 13.2 Å². The number of amides is 1. The molecule has 7 nitrogen and oxygen atoms in total. The minimum atomic E-state index is -3.96. The number of sulfonamides is 1. The summed E-state index contributed by atoms with van der Waals surface area (Å²) in [5.41, 5.74) is 5.82. The SMILES string of the molecule is CC(C)c1cc(-c2ccn[nH]2)cc(C(C)C)c1CC(=O)NS(=O)(=O)c1ccc(CN(C)C)cc1. The van der Waals surface area contributed by atoms with Crippen molar-refractivity contribution in [1.82, 2.24) is 19.8 Å². The molecular weight excluding hydrogens is 448 g/mol. The summed E-state index contributed by atoms with van der Waals surface area (Å²) in [5, 5.41) is 7.05. The summed E-state index contributed by atoms with van der Waals surface area (Å²) < 4.78 is 28.0. The molecule has 2 N–H and O–H groups in total. The Hall–Kier alpha value is -2.97. The van der Waals surface area contributed by atoms with Gasteiger partial charge in [0, 0.05) is 18.3 Å². The summed E-state index contributed by atoms with van der Waals surface area (Å²) in [4.78, 5) is 15.0. The molecule has 2 aromatic carbocycles. The van der Waals surface area contributed by atoms with Crippen molar-refractivity contribution < 1.29 is 13.2 Å². The molecule has 182 valence electrons. The monoisotopic (exact) mass is 482 g/mol. The van der Waals surface area contributed by atoms with E-state index < -0.39 is 15.9 Å². The average Bonchev–Trinajstić information content (AvgIpc) is 3.28. The van der Waals surface area contributed by atoms with Crippen molar-refractivity contribution in [2.24, 2.45) is 0 Å². The van der Waals surface area contributed by atoms with E-state index in [4.69, 9.17) is 0 Å². The number of H-pyrrole nitrogens is 1. The number of rotatable bonds is 9. The van der Waals surface area contributed by atoms with Gasteiger partial charge in [0.2, 0.25) is 5.91 Å². The zero-order valence-electron chi connectivity index (χ0n) is 20.7. The highest BCUT2D eigenvalue weighted by atomic mass is 32.2. The van der Waals surface area contributed by atoms with Gasteiger partial charge in [-0.15, -0.1) is 0 Å². The Balaban J connectivity index is 1.88. The molecule has 0 aliphatic heterocycles. The molecule has 0 atom stereocenters. The fourth-order valence-electron chi connectivity index (χ4n) is 4.07. The van der Waals surface area contributed by atoms with E-state index in [0.29, 0.717) is 6.54 Å². The van der Waals surface area contributed by atoms with Crippen LogP contribution in [0.3, 0.4) is 0 Å². The molecule has 0 radical (unpaired) electrons. The second-order valence-corrected chi connectivity index (χ2v) is 11.2. The molecule has 0 saturated carbocycles. The molecule has 3 rings (SSSR count). The van der Waals surface area contributed by atoms with Gasteiger partial charge in [0.05, 0.1) is 17.0 Å². The summed E-state index contributed by atoms with van der Waals surface area (Å²) in [6.07, 6.45) is 1.70. The van der Waals surface area contributed by atoms with Gasteiger partial charge < -0.3 is 4.90 Å². The second-order valence-electron chi connectivity index (χ2n) is 9.50. The topological polar surface area (TPSA) is 95.2 Å². The van der Waals surface area contributed by atoms with Gasteiger partial charge in [0.1, 0.15) is 0 Å². The van der Waals surface area contributed by atoms with Gasteiger partial charge >= 0.3 is 0 Å². The maximum atomic E-state index is 13.0. The molecule has 0 aliphatic carbocycles. The summed E-state index contributed by atoms with van der Waals surface area (Å²) in [6.45, 7) is 9.00. The number of aromatic amines is 1. The zero-order chi connectivity index (χ0) is 25.0. The number of benzene rings is 2. The summed E-state index contributed by atoms with van der Waals surface area (Å²) >= 11 is 0. The Morgan fingerprint density at radius 2 is 1.59 bits per heavy atom. The lowest BCUT2D eigenvalue weighted by atomic mass is 9.84. The first kappa shape index (κ1) is 25.6. The first-order chi connectivity index (χ1) is 16.0. The van der Waals surface area contributed by atoms with Crippen molar-refractivity contribution in [1.29, 1.82) is 0 Å². The van der Waals surface area contributed by atoms with Crippen LogP contribution in [0.2, 0.25) is 0 Å². The van der Waals surface area contributed by atoms with Gasteiger partial charge in [-0.1, -0.05) is 39.8 Å². The molecule has 0 aliphatic rings. The molecule has 8 heteroatoms. The van der Waals surface area contributed by atoms with Crippen molar-refractivity contribution in [3.8, 4) is 11.3 Å². The van der Waals surface area contributed by atoms with Crippen molar-refractivity contribution in [2.45, 2.75) is 57.4 Å². The standard InChI is InChI=1S/C26H34N4O3S/c1-17(2)22-13-20(25-11-12-27-28-25)14-23(18(3)4)24(22)15-26(31)29-34(32,33)21-9-7-19(8-10-21)16-30(5)6/h7-14,17-18H,15-16H2,1-6H3,(H,27,28)(H,29,31). The van der Waals surface area contributed by atoms with E-state index in [1.165, 1.54) is 12.1 Å². The van der Waals surface area contributed by atoms with Crippen LogP contribution in [0.25, 0.3) is 11.3 Å². The molecule has 0 unspecified atom stereocenters. The molecule has 0 saturated heterocycles. The summed E-state index contributed by atoms with van der Waals surface area (Å²) in [5.74, 6) is -0.233. The molecule has 1 aromatic heterocycles. The van der Waals surface area contributed by atoms with Crippen molar-refractivity contribution in [2.75, 3.05) is 14.1 Å². The van der Waals surface area contributed by atoms with E-state index in [-0.39, 0.29) is 23.2 Å². The van der Waals surface area contributed by atoms with Crippen LogP contribution in [-0.2, 0) is 27.8 Å². The fourth-order valence-corrected chi connectivity index (χ4v) is 5.05. The number of hydrogen-bond donors (Lipinski definition) is 2. The predicted molar refractivity (Wildman–Crippen MR) is 135 cm³/mol. The Labute approximate surface area is 202 Å². The molecule has 3 aromatic rings. The maximum absolute atomic E-state index is 13.0. The second kappa shape index (κ2) is 10.5. The van der Waals surface area contributed by atoms with E-state index in [2.05, 4.69) is 54.7 Å². The average molecular weight is 483 g/mol. The van der Waals surface area contributed by atoms with Gasteiger partial charge in [-0.2, -0.15) is 5.10 Å². The normalized spacial score (nSPS) is 12.0. The Morgan fingerprint density at radius 3 is 2.06 bits per heavy atom. The smallest absolute Gasteiger partial charge is 0.264 e. The molecule has 34 heavy (non-hydrogen) atoms. The van der Waals surface area contributed by atoms with Gasteiger partial charge in [-0.25, -0.2) is 13.1 Å². The summed E-state index contributed by atoms with van der Waals surface area (Å²) in [7, 11) is -0.0657. The molecule has 0 spiro atoms. The van der Waals surface area contributed by atoms with Crippen molar-refractivity contribution in [3.05, 3.63) is 70.9 Å². The lowest BCUT2D eigenvalue weighted by molar-refractivity contribution is -0.118. The zero-order valence-corrected chi connectivity index (χ0v) is 21.5. The number of nitrogens with zero attached hydrogens (tertiary/aromatic N) is 2. The van der Waals surface area contributed by atoms with Gasteiger partial charge in [-0.05, 0) is 78.5 Å². The minimum absolute atomic E-state index is 0.0117. The number of carbonyl (C=O) groups excluding carboxylic acids is 1. The lowest BCUT2D eigenvalue weighted by Crippen LogP contribution is -2.32. The highest BCUT2D eigenvalue weighted by Crippen LogP contribution is 2.33. The number of carbonyl (C=O) groups is 1. The lowest BCUT2D eigenvalue weighted by Gasteiger charge is -2.21. The van der Waals surface area contributed by atoms with Gasteiger partial charge in [-0.3, -0.25) is 9.89 Å². The third kappa shape index (κ3) is 6.12. The summed E-state index contributed by atoms with van der Waals surface area (Å²) in [6, 6.07) is 12.6. The third-order valence-corrected chi connectivity index (χ3v) is 7.08. The molecule has 1 heterocycles. The Kier molecular flexibility index (Phi) is 7.94. The van der Waals surface area contributed by atoms with Crippen LogP contribution in [0.4, 0.5) is 0 Å². The first-order valence-electron chi connectivity index (χ1n) is 11.4. The molecule has 1 amide bonds. The number of aromatic nitrogens is 2. The first-order valence-corrected chi connectivity index (χ1v) is 12.9. The fraction of sp³-hybridized carbons (Fsp3) is 0.385. The highest BCUT2D eigenvalue weighted by Gasteiger charge is 2.23. The van der Waals surface area contributed by atoms with Crippen LogP contribution >= 0.6 is 0 Å². The van der Waals surface area contributed by atoms with Gasteiger partial charge in [0.25, 0.3) is 10.0 Å². The Bertz CT molecular complexity index is 1200. The van der Waals surface area contributed by atoms with Crippen LogP contribution in [-0.4, -0.2) is 43.5 Å². The largest absolute Gasteiger partial charge is 0.305 e. The van der Waals surface area contributed by atoms with Gasteiger partial charge in [0.15, 0.2) is 0 Å². The maximum Gasteiger partial charge on any atom is 0.264 e.